The first-order valence-corrected chi connectivity index (χ1v) is 11.7. The molecule has 3 heterocycles. The van der Waals surface area contributed by atoms with Gasteiger partial charge in [-0.3, -0.25) is 14.4 Å². The van der Waals surface area contributed by atoms with Gasteiger partial charge < -0.3 is 20.0 Å². The molecule has 7 atom stereocenters. The SMILES string of the molecule is C=CCN(C(=O)C1N([C@@H](CO)C(C)C)C(=O)[C@@H]2[C@H](C(=O)O)[C@@H]3CC(C)C12S3)C(C)C. The monoisotopic (exact) mass is 438 g/mol. The third-order valence-electron chi connectivity index (χ3n) is 7.25. The van der Waals surface area contributed by atoms with Gasteiger partial charge in [0.1, 0.15) is 6.04 Å². The zero-order chi connectivity index (χ0) is 22.5. The van der Waals surface area contributed by atoms with Gasteiger partial charge in [0, 0.05) is 17.8 Å². The van der Waals surface area contributed by atoms with Crippen LogP contribution in [-0.2, 0) is 14.4 Å². The summed E-state index contributed by atoms with van der Waals surface area (Å²) in [6, 6.07) is -1.42. The van der Waals surface area contributed by atoms with E-state index in [4.69, 9.17) is 0 Å². The van der Waals surface area contributed by atoms with E-state index in [1.807, 2.05) is 34.6 Å². The number of carbonyl (C=O) groups excluding carboxylic acids is 2. The molecule has 168 valence electrons. The molecule has 0 aromatic carbocycles. The maximum atomic E-state index is 14.0. The Morgan fingerprint density at radius 3 is 2.47 bits per heavy atom. The molecule has 3 fully saturated rings. The van der Waals surface area contributed by atoms with Gasteiger partial charge in [-0.25, -0.2) is 0 Å². The predicted octanol–water partition coefficient (Wildman–Crippen LogP) is 1.85. The van der Waals surface area contributed by atoms with Crippen molar-refractivity contribution in [1.29, 1.82) is 0 Å². The van der Waals surface area contributed by atoms with E-state index in [0.717, 1.165) is 0 Å². The Morgan fingerprint density at radius 1 is 1.37 bits per heavy atom. The van der Waals surface area contributed by atoms with Crippen molar-refractivity contribution in [3.63, 3.8) is 0 Å². The minimum Gasteiger partial charge on any atom is -0.481 e. The van der Waals surface area contributed by atoms with E-state index in [0.29, 0.717) is 13.0 Å². The Morgan fingerprint density at radius 2 is 2.00 bits per heavy atom. The van der Waals surface area contributed by atoms with Crippen LogP contribution >= 0.6 is 11.8 Å². The normalized spacial score (nSPS) is 35.8. The van der Waals surface area contributed by atoms with E-state index in [1.165, 1.54) is 11.8 Å². The number of carboxylic acids is 1. The van der Waals surface area contributed by atoms with Gasteiger partial charge in [0.2, 0.25) is 11.8 Å². The van der Waals surface area contributed by atoms with Gasteiger partial charge in [-0.1, -0.05) is 26.8 Å². The van der Waals surface area contributed by atoms with E-state index in [1.54, 1.807) is 15.9 Å². The van der Waals surface area contributed by atoms with E-state index in [-0.39, 0.29) is 41.5 Å². The summed E-state index contributed by atoms with van der Waals surface area (Å²) >= 11 is 1.53. The quantitative estimate of drug-likeness (QED) is 0.561. The Balaban J connectivity index is 2.18. The van der Waals surface area contributed by atoms with Crippen LogP contribution in [0.25, 0.3) is 0 Å². The number of likely N-dealkylation sites (tertiary alicyclic amines) is 1. The van der Waals surface area contributed by atoms with Crippen molar-refractivity contribution in [2.45, 2.75) is 69.2 Å². The fourth-order valence-corrected chi connectivity index (χ4v) is 8.25. The first kappa shape index (κ1) is 23.1. The third-order valence-corrected chi connectivity index (χ3v) is 9.32. The molecule has 3 rings (SSSR count). The number of nitrogens with zero attached hydrogens (tertiary/aromatic N) is 2. The van der Waals surface area contributed by atoms with Gasteiger partial charge in [0.05, 0.1) is 29.2 Å². The van der Waals surface area contributed by atoms with Gasteiger partial charge >= 0.3 is 5.97 Å². The average Bonchev–Trinajstić information content (AvgIpc) is 3.24. The highest BCUT2D eigenvalue weighted by molar-refractivity contribution is 8.02. The molecule has 3 unspecified atom stereocenters. The van der Waals surface area contributed by atoms with Crippen LogP contribution < -0.4 is 0 Å². The average molecular weight is 439 g/mol. The first-order valence-electron chi connectivity index (χ1n) is 10.8. The Hall–Kier alpha value is -1.54. The number of carboxylic acid groups (broad SMARTS) is 1. The molecule has 0 aliphatic carbocycles. The number of thioether (sulfide) groups is 1. The van der Waals surface area contributed by atoms with Gasteiger partial charge in [0.25, 0.3) is 0 Å². The predicted molar refractivity (Wildman–Crippen MR) is 116 cm³/mol. The Labute approximate surface area is 182 Å². The number of rotatable bonds is 8. The Bertz CT molecular complexity index is 741. The summed E-state index contributed by atoms with van der Waals surface area (Å²) in [6.45, 7) is 13.6. The lowest BCUT2D eigenvalue weighted by molar-refractivity contribution is -0.150. The summed E-state index contributed by atoms with van der Waals surface area (Å²) in [7, 11) is 0. The van der Waals surface area contributed by atoms with Crippen LogP contribution in [0.15, 0.2) is 12.7 Å². The molecule has 2 N–H and O–H groups in total. The number of hydrogen-bond donors (Lipinski definition) is 2. The molecular weight excluding hydrogens is 404 g/mol. The van der Waals surface area contributed by atoms with Crippen LogP contribution in [-0.4, -0.2) is 79.1 Å². The highest BCUT2D eigenvalue weighted by atomic mass is 32.2. The molecule has 2 amide bonds. The van der Waals surface area contributed by atoms with Crippen LogP contribution in [0, 0.1) is 23.7 Å². The van der Waals surface area contributed by atoms with Crippen LogP contribution in [0.5, 0.6) is 0 Å². The first-order chi connectivity index (χ1) is 14.0. The molecule has 0 aromatic heterocycles. The molecule has 3 saturated heterocycles. The Kier molecular flexibility index (Phi) is 6.31. The van der Waals surface area contributed by atoms with E-state index in [2.05, 4.69) is 6.58 Å². The van der Waals surface area contributed by atoms with Crippen molar-refractivity contribution in [3.05, 3.63) is 12.7 Å². The maximum absolute atomic E-state index is 14.0. The van der Waals surface area contributed by atoms with Gasteiger partial charge in [0.15, 0.2) is 0 Å². The smallest absolute Gasteiger partial charge is 0.308 e. The largest absolute Gasteiger partial charge is 0.481 e. The summed E-state index contributed by atoms with van der Waals surface area (Å²) in [4.78, 5) is 43.1. The topological polar surface area (TPSA) is 98.2 Å². The molecule has 0 radical (unpaired) electrons. The number of carbonyl (C=O) groups is 3. The second-order valence-electron chi connectivity index (χ2n) is 9.50. The summed E-state index contributed by atoms with van der Waals surface area (Å²) in [5.41, 5.74) is 0. The second kappa shape index (κ2) is 8.19. The molecule has 8 heteroatoms. The molecule has 3 aliphatic heterocycles. The van der Waals surface area contributed by atoms with Crippen LogP contribution in [0.4, 0.5) is 0 Å². The number of hydrogen-bond acceptors (Lipinski definition) is 5. The van der Waals surface area contributed by atoms with Crippen molar-refractivity contribution in [3.8, 4) is 0 Å². The lowest BCUT2D eigenvalue weighted by atomic mass is 9.66. The minimum atomic E-state index is -0.968. The van der Waals surface area contributed by atoms with Crippen molar-refractivity contribution < 1.29 is 24.6 Å². The summed E-state index contributed by atoms with van der Waals surface area (Å²) in [5, 5.41) is 19.9. The van der Waals surface area contributed by atoms with Gasteiger partial charge in [-0.15, -0.1) is 18.3 Å². The zero-order valence-corrected chi connectivity index (χ0v) is 19.3. The number of aliphatic carboxylic acids is 1. The van der Waals surface area contributed by atoms with Gasteiger partial charge in [-0.05, 0) is 32.1 Å². The molecule has 7 nitrogen and oxygen atoms in total. The number of fused-ring (bicyclic) bond motifs is 1. The summed E-state index contributed by atoms with van der Waals surface area (Å²) in [6.07, 6.45) is 2.35. The lowest BCUT2D eigenvalue weighted by Crippen LogP contribution is -2.60. The van der Waals surface area contributed by atoms with Crippen molar-refractivity contribution in [2.24, 2.45) is 23.7 Å². The molecule has 2 bridgehead atoms. The lowest BCUT2D eigenvalue weighted by Gasteiger charge is -2.43. The standard InChI is InChI=1S/C22H34N2O5S/c1-7-8-23(12(4)5)20(27)18-22-13(6)9-15(30-22)16(21(28)29)17(22)19(26)24(18)14(10-25)11(2)3/h7,11-18,25H,1,8-10H2,2-6H3,(H,28,29)/t13?,14-,15-,16+,17-,18?,22?/m0/s1. The molecule has 30 heavy (non-hydrogen) atoms. The highest BCUT2D eigenvalue weighted by Gasteiger charge is 2.77. The zero-order valence-electron chi connectivity index (χ0n) is 18.4. The molecule has 0 aromatic rings. The maximum Gasteiger partial charge on any atom is 0.308 e. The molecule has 1 spiro atoms. The number of amides is 2. The van der Waals surface area contributed by atoms with Crippen molar-refractivity contribution in [1.82, 2.24) is 9.80 Å². The number of aliphatic hydroxyl groups excluding tert-OH is 1. The molecule has 3 aliphatic rings. The highest BCUT2D eigenvalue weighted by Crippen LogP contribution is 2.69. The third kappa shape index (κ3) is 3.09. The van der Waals surface area contributed by atoms with Crippen molar-refractivity contribution >= 4 is 29.5 Å². The van der Waals surface area contributed by atoms with E-state index < -0.39 is 34.6 Å². The molecular formula is C22H34N2O5S. The number of aliphatic hydroxyl groups is 1. The van der Waals surface area contributed by atoms with Crippen LogP contribution in [0.1, 0.15) is 41.0 Å². The molecule has 0 saturated carbocycles. The summed E-state index contributed by atoms with van der Waals surface area (Å²) in [5.74, 6) is -3.02. The van der Waals surface area contributed by atoms with Crippen molar-refractivity contribution in [2.75, 3.05) is 13.2 Å². The minimum absolute atomic E-state index is 0.0280. The fourth-order valence-electron chi connectivity index (χ4n) is 5.85. The van der Waals surface area contributed by atoms with E-state index >= 15 is 0 Å². The fraction of sp³-hybridized carbons (Fsp3) is 0.773. The van der Waals surface area contributed by atoms with Crippen LogP contribution in [0.3, 0.4) is 0 Å². The second-order valence-corrected chi connectivity index (χ2v) is 11.1. The van der Waals surface area contributed by atoms with Gasteiger partial charge in [-0.2, -0.15) is 0 Å². The summed E-state index contributed by atoms with van der Waals surface area (Å²) < 4.78 is -0.779. The van der Waals surface area contributed by atoms with Crippen LogP contribution in [0.2, 0.25) is 0 Å². The van der Waals surface area contributed by atoms with E-state index in [9.17, 15) is 24.6 Å².